The Hall–Kier alpha value is -2.46. The zero-order chi connectivity index (χ0) is 16.0. The van der Waals surface area contributed by atoms with Crippen molar-refractivity contribution in [3.05, 3.63) is 37.0 Å². The van der Waals surface area contributed by atoms with Crippen molar-refractivity contribution in [3.63, 3.8) is 0 Å². The van der Waals surface area contributed by atoms with E-state index in [1.807, 2.05) is 0 Å². The molecule has 0 aromatic carbocycles. The summed E-state index contributed by atoms with van der Waals surface area (Å²) in [4.78, 5) is 48.7. The van der Waals surface area contributed by atoms with E-state index >= 15 is 0 Å². The zero-order valence-electron chi connectivity index (χ0n) is 10.9. The van der Waals surface area contributed by atoms with Crippen LogP contribution in [0.2, 0.25) is 0 Å². The Morgan fingerprint density at radius 2 is 1.57 bits per heavy atom. The Labute approximate surface area is 117 Å². The van der Waals surface area contributed by atoms with E-state index < -0.39 is 29.0 Å². The van der Waals surface area contributed by atoms with Gasteiger partial charge in [-0.15, -0.1) is 0 Å². The average molecular weight is 301 g/mol. The minimum absolute atomic E-state index is 0.0364. The quantitative estimate of drug-likeness (QED) is 0.348. The first-order valence-electron chi connectivity index (χ1n) is 6.02. The molecular weight excluding hydrogens is 286 g/mol. The van der Waals surface area contributed by atoms with Gasteiger partial charge in [-0.1, -0.05) is 0 Å². The van der Waals surface area contributed by atoms with E-state index in [-0.39, 0.29) is 31.6 Å². The Morgan fingerprint density at radius 1 is 1.10 bits per heavy atom. The van der Waals surface area contributed by atoms with E-state index in [0.717, 1.165) is 6.20 Å². The van der Waals surface area contributed by atoms with Gasteiger partial charge in [0.05, 0.1) is 5.57 Å². The lowest BCUT2D eigenvalue weighted by Gasteiger charge is -2.15. The molecular formula is C11H15N3O7. The molecule has 0 atom stereocenters. The molecule has 0 aliphatic rings. The molecule has 21 heavy (non-hydrogen) atoms. The summed E-state index contributed by atoms with van der Waals surface area (Å²) in [7, 11) is 0. The van der Waals surface area contributed by atoms with Crippen LogP contribution < -0.4 is 17.1 Å². The summed E-state index contributed by atoms with van der Waals surface area (Å²) >= 11 is 0. The molecule has 0 bridgehead atoms. The van der Waals surface area contributed by atoms with Crippen molar-refractivity contribution < 1.29 is 20.1 Å². The molecule has 0 amide bonds. The maximum absolute atomic E-state index is 11.5. The number of rotatable bonds is 7. The van der Waals surface area contributed by atoms with Crippen LogP contribution in [0.5, 0.6) is 0 Å². The highest BCUT2D eigenvalue weighted by molar-refractivity contribution is 5.90. The third kappa shape index (κ3) is 4.26. The Bertz CT molecular complexity index is 656. The van der Waals surface area contributed by atoms with Gasteiger partial charge < -0.3 is 15.3 Å². The molecule has 0 saturated heterocycles. The molecule has 1 aromatic heterocycles. The first-order valence-corrected chi connectivity index (χ1v) is 6.02. The van der Waals surface area contributed by atoms with Crippen LogP contribution in [-0.4, -0.2) is 49.0 Å². The van der Waals surface area contributed by atoms with Crippen molar-refractivity contribution in [1.29, 1.82) is 0 Å². The number of aliphatic hydroxyl groups is 2. The molecule has 5 N–H and O–H groups in total. The van der Waals surface area contributed by atoms with Crippen LogP contribution in [0.4, 0.5) is 0 Å². The molecule has 0 aliphatic heterocycles. The third-order valence-corrected chi connectivity index (χ3v) is 2.79. The number of aromatic amines is 2. The van der Waals surface area contributed by atoms with Gasteiger partial charge in [0.1, 0.15) is 0 Å². The molecule has 0 radical (unpaired) electrons. The second-order valence-electron chi connectivity index (χ2n) is 4.17. The summed E-state index contributed by atoms with van der Waals surface area (Å²) in [5.41, 5.74) is -3.52. The van der Waals surface area contributed by atoms with E-state index in [0.29, 0.717) is 4.57 Å². The van der Waals surface area contributed by atoms with Gasteiger partial charge in [0.15, 0.2) is 0 Å². The van der Waals surface area contributed by atoms with Crippen LogP contribution in [0, 0.1) is 5.92 Å². The Kier molecular flexibility index (Phi) is 5.81. The van der Waals surface area contributed by atoms with Crippen LogP contribution >= 0.6 is 0 Å². The highest BCUT2D eigenvalue weighted by Crippen LogP contribution is 2.19. The summed E-state index contributed by atoms with van der Waals surface area (Å²) in [6, 6.07) is 0. The number of hydrogen-bond donors (Lipinski definition) is 5. The summed E-state index contributed by atoms with van der Waals surface area (Å²) in [5, 5.41) is 27.0. The van der Waals surface area contributed by atoms with Crippen LogP contribution in [-0.2, 0) is 4.79 Å². The number of nitrogens with zero attached hydrogens (tertiary/aromatic N) is 1. The van der Waals surface area contributed by atoms with Gasteiger partial charge in [0.2, 0.25) is 0 Å². The van der Waals surface area contributed by atoms with Gasteiger partial charge >= 0.3 is 23.0 Å². The number of nitrogens with one attached hydrogen (secondary N) is 2. The molecule has 10 nitrogen and oxygen atoms in total. The zero-order valence-corrected chi connectivity index (χ0v) is 10.9. The SMILES string of the molecule is O=C(O)C(=Cn1c(=O)[nH]c(=O)[nH]c1=O)C(CCO)CCO. The standard InChI is InChI=1S/C11H15N3O7/c15-3-1-6(2-4-16)7(8(17)18)5-14-10(20)12-9(19)13-11(14)21/h5-6,15-16H,1-4H2,(H,17,18)(H2,12,13,19,20,21). The Morgan fingerprint density at radius 3 is 1.95 bits per heavy atom. The fraction of sp³-hybridized carbons (Fsp3) is 0.455. The normalized spacial score (nSPS) is 11.9. The lowest BCUT2D eigenvalue weighted by atomic mass is 9.93. The van der Waals surface area contributed by atoms with Crippen molar-refractivity contribution >= 4 is 12.2 Å². The fourth-order valence-corrected chi connectivity index (χ4v) is 1.80. The number of hydrogen-bond acceptors (Lipinski definition) is 6. The molecule has 0 spiro atoms. The van der Waals surface area contributed by atoms with Gasteiger partial charge in [-0.3, -0.25) is 9.97 Å². The molecule has 0 saturated carbocycles. The van der Waals surface area contributed by atoms with Crippen molar-refractivity contribution in [3.8, 4) is 0 Å². The smallest absolute Gasteiger partial charge is 0.337 e. The second-order valence-corrected chi connectivity index (χ2v) is 4.17. The van der Waals surface area contributed by atoms with Crippen LogP contribution in [0.25, 0.3) is 6.20 Å². The Balaban J connectivity index is 3.41. The van der Waals surface area contributed by atoms with E-state index in [9.17, 15) is 19.2 Å². The molecule has 1 rings (SSSR count). The largest absolute Gasteiger partial charge is 0.478 e. The van der Waals surface area contributed by atoms with E-state index in [2.05, 4.69) is 0 Å². The highest BCUT2D eigenvalue weighted by Gasteiger charge is 2.21. The number of H-pyrrole nitrogens is 2. The summed E-state index contributed by atoms with van der Waals surface area (Å²) in [6.45, 7) is -0.654. The van der Waals surface area contributed by atoms with Crippen molar-refractivity contribution in [2.75, 3.05) is 13.2 Å². The predicted molar refractivity (Wildman–Crippen MR) is 70.7 cm³/mol. The highest BCUT2D eigenvalue weighted by atomic mass is 16.4. The number of carboxylic acid groups (broad SMARTS) is 1. The summed E-state index contributed by atoms with van der Waals surface area (Å²) in [6.07, 6.45) is 0.846. The van der Waals surface area contributed by atoms with Crippen LogP contribution in [0.3, 0.4) is 0 Å². The molecule has 0 fully saturated rings. The van der Waals surface area contributed by atoms with Gasteiger partial charge in [0, 0.05) is 19.4 Å². The van der Waals surface area contributed by atoms with Crippen molar-refractivity contribution in [2.45, 2.75) is 12.8 Å². The molecule has 116 valence electrons. The first-order chi connectivity index (χ1) is 9.90. The van der Waals surface area contributed by atoms with E-state index in [1.54, 1.807) is 9.97 Å². The van der Waals surface area contributed by atoms with Crippen molar-refractivity contribution in [1.82, 2.24) is 14.5 Å². The monoisotopic (exact) mass is 301 g/mol. The van der Waals surface area contributed by atoms with Gasteiger partial charge in [-0.05, 0) is 18.8 Å². The van der Waals surface area contributed by atoms with Crippen molar-refractivity contribution in [2.24, 2.45) is 5.92 Å². The lowest BCUT2D eigenvalue weighted by molar-refractivity contribution is -0.133. The summed E-state index contributed by atoms with van der Waals surface area (Å²) in [5.74, 6) is -2.16. The predicted octanol–water partition coefficient (Wildman–Crippen LogP) is -2.47. The van der Waals surface area contributed by atoms with Gasteiger partial charge in [-0.25, -0.2) is 23.7 Å². The van der Waals surface area contributed by atoms with E-state index in [4.69, 9.17) is 15.3 Å². The van der Waals surface area contributed by atoms with Crippen LogP contribution in [0.1, 0.15) is 12.8 Å². The van der Waals surface area contributed by atoms with Crippen LogP contribution in [0.15, 0.2) is 20.0 Å². The lowest BCUT2D eigenvalue weighted by Crippen LogP contribution is -2.41. The number of aromatic nitrogens is 3. The maximum atomic E-state index is 11.5. The summed E-state index contributed by atoms with van der Waals surface area (Å²) < 4.78 is 0.409. The van der Waals surface area contributed by atoms with E-state index in [1.165, 1.54) is 0 Å². The maximum Gasteiger partial charge on any atom is 0.337 e. The number of aliphatic hydroxyl groups excluding tert-OH is 2. The third-order valence-electron chi connectivity index (χ3n) is 2.79. The minimum Gasteiger partial charge on any atom is -0.478 e. The minimum atomic E-state index is -1.40. The molecule has 1 heterocycles. The fourth-order valence-electron chi connectivity index (χ4n) is 1.80. The molecule has 0 aliphatic carbocycles. The topological polar surface area (TPSA) is 165 Å². The average Bonchev–Trinajstić information content (AvgIpc) is 2.37. The molecule has 1 aromatic rings. The first kappa shape index (κ1) is 16.6. The number of aliphatic carboxylic acids is 1. The molecule has 0 unspecified atom stereocenters. The second kappa shape index (κ2) is 7.36. The molecule has 10 heteroatoms. The number of carbonyl (C=O) groups is 1. The number of carboxylic acids is 1. The van der Waals surface area contributed by atoms with Gasteiger partial charge in [0.25, 0.3) is 0 Å². The van der Waals surface area contributed by atoms with Gasteiger partial charge in [-0.2, -0.15) is 0 Å².